The number of hydrogen-bond acceptors (Lipinski definition) is 3. The van der Waals surface area contributed by atoms with Gasteiger partial charge in [0, 0.05) is 31.5 Å². The molecule has 5 nitrogen and oxygen atoms in total. The second-order valence-electron chi connectivity index (χ2n) is 5.62. The number of anilines is 1. The van der Waals surface area contributed by atoms with Crippen LogP contribution in [-0.2, 0) is 20.6 Å². The highest BCUT2D eigenvalue weighted by atomic mass is 16.2. The van der Waals surface area contributed by atoms with E-state index in [4.69, 9.17) is 0 Å². The standard InChI is InChI=1S/C16H19N3O2/c1-18-14(9-15(20)19(2)16(18)21)10-17-13-7-5-12(6-8-13)11-3-4-11/h5-9,11,17H,3-4,10H2,1-2H3. The van der Waals surface area contributed by atoms with Gasteiger partial charge in [-0.15, -0.1) is 0 Å². The topological polar surface area (TPSA) is 56.0 Å². The molecule has 0 spiro atoms. The van der Waals surface area contributed by atoms with Gasteiger partial charge in [-0.3, -0.25) is 13.9 Å². The van der Waals surface area contributed by atoms with E-state index in [9.17, 15) is 9.59 Å². The van der Waals surface area contributed by atoms with Crippen molar-refractivity contribution < 1.29 is 0 Å². The van der Waals surface area contributed by atoms with E-state index in [1.807, 2.05) is 12.1 Å². The molecule has 1 saturated carbocycles. The second-order valence-corrected chi connectivity index (χ2v) is 5.62. The third kappa shape index (κ3) is 2.77. The van der Waals surface area contributed by atoms with E-state index in [0.717, 1.165) is 16.2 Å². The first-order valence-corrected chi connectivity index (χ1v) is 7.16. The van der Waals surface area contributed by atoms with Crippen LogP contribution >= 0.6 is 0 Å². The molecule has 1 aliphatic carbocycles. The molecule has 0 unspecified atom stereocenters. The van der Waals surface area contributed by atoms with Gasteiger partial charge in [-0.05, 0) is 36.5 Å². The summed E-state index contributed by atoms with van der Waals surface area (Å²) in [5.41, 5.74) is 2.48. The zero-order valence-corrected chi connectivity index (χ0v) is 12.3. The molecule has 0 radical (unpaired) electrons. The Bertz CT molecular complexity index is 768. The monoisotopic (exact) mass is 285 g/mol. The van der Waals surface area contributed by atoms with Gasteiger partial charge in [-0.1, -0.05) is 12.1 Å². The maximum Gasteiger partial charge on any atom is 0.330 e. The van der Waals surface area contributed by atoms with Gasteiger partial charge in [0.15, 0.2) is 0 Å². The fraction of sp³-hybridized carbons (Fsp3) is 0.375. The Morgan fingerprint density at radius 3 is 2.38 bits per heavy atom. The molecule has 1 aliphatic rings. The van der Waals surface area contributed by atoms with Crippen molar-refractivity contribution in [1.29, 1.82) is 0 Å². The maximum atomic E-state index is 11.8. The van der Waals surface area contributed by atoms with E-state index in [2.05, 4.69) is 17.4 Å². The molecule has 0 atom stereocenters. The average Bonchev–Trinajstić information content (AvgIpc) is 3.33. The van der Waals surface area contributed by atoms with Crippen LogP contribution in [0.1, 0.15) is 30.0 Å². The minimum absolute atomic E-state index is 0.279. The van der Waals surface area contributed by atoms with Crippen LogP contribution in [0.25, 0.3) is 0 Å². The Balaban J connectivity index is 1.75. The molecule has 0 bridgehead atoms. The van der Waals surface area contributed by atoms with Gasteiger partial charge in [0.1, 0.15) is 0 Å². The van der Waals surface area contributed by atoms with Crippen molar-refractivity contribution in [2.75, 3.05) is 5.32 Å². The largest absolute Gasteiger partial charge is 0.379 e. The first-order chi connectivity index (χ1) is 10.1. The van der Waals surface area contributed by atoms with Crippen molar-refractivity contribution in [2.24, 2.45) is 14.1 Å². The summed E-state index contributed by atoms with van der Waals surface area (Å²) in [6, 6.07) is 9.87. The third-order valence-electron chi connectivity index (χ3n) is 4.06. The SMILES string of the molecule is Cn1c(CNc2ccc(C3CC3)cc2)cc(=O)n(C)c1=O. The Morgan fingerprint density at radius 1 is 1.10 bits per heavy atom. The number of benzene rings is 1. The first kappa shape index (κ1) is 13.7. The van der Waals surface area contributed by atoms with Crippen LogP contribution in [0, 0.1) is 0 Å². The molecule has 0 aliphatic heterocycles. The van der Waals surface area contributed by atoms with E-state index in [1.165, 1.54) is 36.1 Å². The lowest BCUT2D eigenvalue weighted by Gasteiger charge is -2.11. The van der Waals surface area contributed by atoms with Gasteiger partial charge >= 0.3 is 5.69 Å². The lowest BCUT2D eigenvalue weighted by Crippen LogP contribution is -2.38. The number of nitrogens with one attached hydrogen (secondary N) is 1. The normalized spacial score (nSPS) is 14.2. The molecule has 5 heteroatoms. The number of rotatable bonds is 4. The molecule has 2 aromatic rings. The minimum atomic E-state index is -0.302. The van der Waals surface area contributed by atoms with Crippen LogP contribution in [0.3, 0.4) is 0 Å². The number of hydrogen-bond donors (Lipinski definition) is 1. The van der Waals surface area contributed by atoms with Gasteiger partial charge < -0.3 is 5.32 Å². The molecular weight excluding hydrogens is 266 g/mol. The Kier molecular flexibility index (Phi) is 3.41. The minimum Gasteiger partial charge on any atom is -0.379 e. The van der Waals surface area contributed by atoms with Crippen LogP contribution in [0.4, 0.5) is 5.69 Å². The molecule has 110 valence electrons. The highest BCUT2D eigenvalue weighted by Crippen LogP contribution is 2.40. The molecule has 1 fully saturated rings. The summed E-state index contributed by atoms with van der Waals surface area (Å²) >= 11 is 0. The molecule has 0 amide bonds. The highest BCUT2D eigenvalue weighted by molar-refractivity contribution is 5.46. The Morgan fingerprint density at radius 2 is 1.76 bits per heavy atom. The van der Waals surface area contributed by atoms with Crippen molar-refractivity contribution >= 4 is 5.69 Å². The van der Waals surface area contributed by atoms with Gasteiger partial charge in [0.25, 0.3) is 5.56 Å². The smallest absolute Gasteiger partial charge is 0.330 e. The van der Waals surface area contributed by atoms with Crippen molar-refractivity contribution in [2.45, 2.75) is 25.3 Å². The fourth-order valence-corrected chi connectivity index (χ4v) is 2.43. The summed E-state index contributed by atoms with van der Waals surface area (Å²) < 4.78 is 2.60. The lowest BCUT2D eigenvalue weighted by atomic mass is 10.1. The van der Waals surface area contributed by atoms with E-state index in [1.54, 1.807) is 7.05 Å². The van der Waals surface area contributed by atoms with Crippen molar-refractivity contribution in [3.8, 4) is 0 Å². The van der Waals surface area contributed by atoms with Crippen LogP contribution < -0.4 is 16.6 Å². The van der Waals surface area contributed by atoms with E-state index in [-0.39, 0.29) is 11.2 Å². The van der Waals surface area contributed by atoms with Gasteiger partial charge in [0.2, 0.25) is 0 Å². The zero-order valence-electron chi connectivity index (χ0n) is 12.3. The summed E-state index contributed by atoms with van der Waals surface area (Å²) in [5.74, 6) is 0.747. The molecule has 1 aromatic carbocycles. The summed E-state index contributed by atoms with van der Waals surface area (Å²) in [6.45, 7) is 0.449. The van der Waals surface area contributed by atoms with E-state index in [0.29, 0.717) is 12.2 Å². The quantitative estimate of drug-likeness (QED) is 0.928. The lowest BCUT2D eigenvalue weighted by molar-refractivity contribution is 0.655. The molecule has 21 heavy (non-hydrogen) atoms. The molecule has 1 heterocycles. The predicted molar refractivity (Wildman–Crippen MR) is 82.7 cm³/mol. The van der Waals surface area contributed by atoms with Crippen LogP contribution in [0.5, 0.6) is 0 Å². The molecule has 0 saturated heterocycles. The summed E-state index contributed by atoms with van der Waals surface area (Å²) in [7, 11) is 3.16. The average molecular weight is 285 g/mol. The van der Waals surface area contributed by atoms with Gasteiger partial charge in [-0.2, -0.15) is 0 Å². The Hall–Kier alpha value is -2.30. The van der Waals surface area contributed by atoms with E-state index < -0.39 is 0 Å². The molecule has 1 N–H and O–H groups in total. The van der Waals surface area contributed by atoms with Crippen LogP contribution in [0.15, 0.2) is 39.9 Å². The van der Waals surface area contributed by atoms with Crippen LogP contribution in [-0.4, -0.2) is 9.13 Å². The maximum absolute atomic E-state index is 11.8. The van der Waals surface area contributed by atoms with Gasteiger partial charge in [-0.25, -0.2) is 4.79 Å². The molecule has 1 aromatic heterocycles. The van der Waals surface area contributed by atoms with Crippen molar-refractivity contribution in [1.82, 2.24) is 9.13 Å². The number of nitrogens with zero attached hydrogens (tertiary/aromatic N) is 2. The summed E-state index contributed by atoms with van der Waals surface area (Å²) in [6.07, 6.45) is 2.59. The third-order valence-corrected chi connectivity index (χ3v) is 4.06. The molecule has 3 rings (SSSR count). The fourth-order valence-electron chi connectivity index (χ4n) is 2.43. The summed E-state index contributed by atoms with van der Waals surface area (Å²) in [4.78, 5) is 23.5. The highest BCUT2D eigenvalue weighted by Gasteiger charge is 2.22. The Labute approximate surface area is 122 Å². The van der Waals surface area contributed by atoms with Gasteiger partial charge in [0.05, 0.1) is 6.54 Å². The van der Waals surface area contributed by atoms with Crippen molar-refractivity contribution in [3.05, 3.63) is 62.4 Å². The predicted octanol–water partition coefficient (Wildman–Crippen LogP) is 1.57. The summed E-state index contributed by atoms with van der Waals surface area (Å²) in [5, 5.41) is 3.25. The van der Waals surface area contributed by atoms with E-state index >= 15 is 0 Å². The molecular formula is C16H19N3O2. The van der Waals surface area contributed by atoms with Crippen molar-refractivity contribution in [3.63, 3.8) is 0 Å². The first-order valence-electron chi connectivity index (χ1n) is 7.16. The number of aromatic nitrogens is 2. The van der Waals surface area contributed by atoms with Crippen LogP contribution in [0.2, 0.25) is 0 Å². The zero-order chi connectivity index (χ0) is 15.0. The second kappa shape index (κ2) is 5.24.